The summed E-state index contributed by atoms with van der Waals surface area (Å²) in [5, 5.41) is 0. The van der Waals surface area contributed by atoms with E-state index in [1.165, 1.54) is 6.42 Å². The van der Waals surface area contributed by atoms with Crippen LogP contribution in [0.15, 0.2) is 0 Å². The van der Waals surface area contributed by atoms with Crippen LogP contribution in [0.2, 0.25) is 0 Å². The SMILES string of the molecule is C[C@@H]1CCC(C)(N)[C@]1(C)N. The molecule has 0 aromatic rings. The van der Waals surface area contributed by atoms with Gasteiger partial charge in [0.25, 0.3) is 0 Å². The largest absolute Gasteiger partial charge is 0.324 e. The van der Waals surface area contributed by atoms with Crippen molar-refractivity contribution < 1.29 is 0 Å². The molecule has 1 saturated carbocycles. The van der Waals surface area contributed by atoms with Gasteiger partial charge in [0, 0.05) is 11.1 Å². The Morgan fingerprint density at radius 3 is 1.90 bits per heavy atom. The summed E-state index contributed by atoms with van der Waals surface area (Å²) in [4.78, 5) is 0. The Morgan fingerprint density at radius 2 is 1.80 bits per heavy atom. The Balaban J connectivity index is 2.84. The predicted octanol–water partition coefficient (Wildman–Crippen LogP) is 0.851. The summed E-state index contributed by atoms with van der Waals surface area (Å²) in [6, 6.07) is 0. The fourth-order valence-corrected chi connectivity index (χ4v) is 1.65. The molecule has 0 aromatic heterocycles. The van der Waals surface area contributed by atoms with Crippen LogP contribution >= 0.6 is 0 Å². The Morgan fingerprint density at radius 1 is 1.30 bits per heavy atom. The molecular weight excluding hydrogens is 124 g/mol. The quantitative estimate of drug-likeness (QED) is 0.527. The molecule has 3 atom stereocenters. The van der Waals surface area contributed by atoms with E-state index in [1.807, 2.05) is 0 Å². The maximum atomic E-state index is 6.07. The van der Waals surface area contributed by atoms with Gasteiger partial charge in [-0.05, 0) is 32.6 Å². The van der Waals surface area contributed by atoms with E-state index in [2.05, 4.69) is 20.8 Å². The highest BCUT2D eigenvalue weighted by Crippen LogP contribution is 2.39. The average Bonchev–Trinajstić information content (AvgIpc) is 1.94. The lowest BCUT2D eigenvalue weighted by Gasteiger charge is -2.37. The van der Waals surface area contributed by atoms with E-state index >= 15 is 0 Å². The second kappa shape index (κ2) is 1.95. The van der Waals surface area contributed by atoms with Crippen LogP contribution in [0.4, 0.5) is 0 Å². The predicted molar refractivity (Wildman–Crippen MR) is 43.6 cm³/mol. The highest BCUT2D eigenvalue weighted by molar-refractivity contribution is 5.09. The average molecular weight is 142 g/mol. The van der Waals surface area contributed by atoms with E-state index in [9.17, 15) is 0 Å². The van der Waals surface area contributed by atoms with Gasteiger partial charge in [0.15, 0.2) is 0 Å². The van der Waals surface area contributed by atoms with Crippen molar-refractivity contribution in [1.29, 1.82) is 0 Å². The summed E-state index contributed by atoms with van der Waals surface area (Å²) in [5.74, 6) is 0.558. The molecule has 2 nitrogen and oxygen atoms in total. The molecule has 0 bridgehead atoms. The molecule has 0 aliphatic heterocycles. The first-order chi connectivity index (χ1) is 4.38. The molecule has 1 aliphatic carbocycles. The van der Waals surface area contributed by atoms with Gasteiger partial charge >= 0.3 is 0 Å². The molecule has 60 valence electrons. The molecule has 1 fully saturated rings. The molecule has 0 heterocycles. The molecule has 0 radical (unpaired) electrons. The van der Waals surface area contributed by atoms with Crippen molar-refractivity contribution in [2.45, 2.75) is 44.7 Å². The van der Waals surface area contributed by atoms with Gasteiger partial charge in [-0.2, -0.15) is 0 Å². The lowest BCUT2D eigenvalue weighted by Crippen LogP contribution is -2.61. The third-order valence-corrected chi connectivity index (χ3v) is 3.35. The minimum Gasteiger partial charge on any atom is -0.324 e. The molecule has 1 aliphatic rings. The summed E-state index contributed by atoms with van der Waals surface area (Å²) < 4.78 is 0. The van der Waals surface area contributed by atoms with E-state index < -0.39 is 0 Å². The molecule has 10 heavy (non-hydrogen) atoms. The van der Waals surface area contributed by atoms with Crippen molar-refractivity contribution in [3.63, 3.8) is 0 Å². The van der Waals surface area contributed by atoms with Crippen molar-refractivity contribution >= 4 is 0 Å². The summed E-state index contributed by atoms with van der Waals surface area (Å²) in [5.41, 5.74) is 11.8. The minimum atomic E-state index is -0.174. The van der Waals surface area contributed by atoms with Crippen molar-refractivity contribution in [3.8, 4) is 0 Å². The highest BCUT2D eigenvalue weighted by atomic mass is 14.9. The maximum absolute atomic E-state index is 6.07. The van der Waals surface area contributed by atoms with Crippen molar-refractivity contribution in [2.24, 2.45) is 17.4 Å². The van der Waals surface area contributed by atoms with Crippen molar-refractivity contribution in [2.75, 3.05) is 0 Å². The zero-order chi connectivity index (χ0) is 7.99. The molecule has 0 spiro atoms. The van der Waals surface area contributed by atoms with E-state index in [-0.39, 0.29) is 11.1 Å². The normalized spacial score (nSPS) is 55.5. The van der Waals surface area contributed by atoms with E-state index in [0.29, 0.717) is 5.92 Å². The summed E-state index contributed by atoms with van der Waals surface area (Å²) in [6.07, 6.45) is 2.22. The van der Waals surface area contributed by atoms with Gasteiger partial charge in [0.1, 0.15) is 0 Å². The summed E-state index contributed by atoms with van der Waals surface area (Å²) in [6.45, 7) is 6.29. The van der Waals surface area contributed by atoms with E-state index in [0.717, 1.165) is 6.42 Å². The fourth-order valence-electron chi connectivity index (χ4n) is 1.65. The van der Waals surface area contributed by atoms with Crippen LogP contribution < -0.4 is 11.5 Å². The molecule has 0 aromatic carbocycles. The van der Waals surface area contributed by atoms with Crippen LogP contribution in [0.25, 0.3) is 0 Å². The Bertz CT molecular complexity index is 138. The fraction of sp³-hybridized carbons (Fsp3) is 1.00. The lowest BCUT2D eigenvalue weighted by molar-refractivity contribution is 0.259. The standard InChI is InChI=1S/C8H18N2/c1-6-4-5-7(2,9)8(6,3)10/h6H,4-5,9-10H2,1-3H3/t6-,7?,8-/m1/s1. The van der Waals surface area contributed by atoms with Gasteiger partial charge in [0.05, 0.1) is 0 Å². The van der Waals surface area contributed by atoms with Gasteiger partial charge < -0.3 is 11.5 Å². The van der Waals surface area contributed by atoms with E-state index in [1.54, 1.807) is 0 Å². The second-order valence-electron chi connectivity index (χ2n) is 4.14. The first-order valence-electron chi connectivity index (χ1n) is 3.96. The number of hydrogen-bond acceptors (Lipinski definition) is 2. The zero-order valence-corrected chi connectivity index (χ0v) is 7.15. The lowest BCUT2D eigenvalue weighted by atomic mass is 9.80. The molecular formula is C8H18N2. The third kappa shape index (κ3) is 0.867. The van der Waals surface area contributed by atoms with Crippen LogP contribution in [-0.2, 0) is 0 Å². The monoisotopic (exact) mass is 142 g/mol. The minimum absolute atomic E-state index is 0.160. The van der Waals surface area contributed by atoms with Crippen LogP contribution in [0.5, 0.6) is 0 Å². The number of nitrogens with two attached hydrogens (primary N) is 2. The van der Waals surface area contributed by atoms with Crippen LogP contribution in [0.1, 0.15) is 33.6 Å². The molecule has 4 N–H and O–H groups in total. The van der Waals surface area contributed by atoms with Gasteiger partial charge in [-0.25, -0.2) is 0 Å². The van der Waals surface area contributed by atoms with Gasteiger partial charge in [-0.3, -0.25) is 0 Å². The number of rotatable bonds is 0. The summed E-state index contributed by atoms with van der Waals surface area (Å²) >= 11 is 0. The Hall–Kier alpha value is -0.0800. The van der Waals surface area contributed by atoms with Crippen LogP contribution in [-0.4, -0.2) is 11.1 Å². The molecule has 0 amide bonds. The smallest absolute Gasteiger partial charge is 0.0331 e. The summed E-state index contributed by atoms with van der Waals surface area (Å²) in [7, 11) is 0. The maximum Gasteiger partial charge on any atom is 0.0331 e. The molecule has 1 unspecified atom stereocenters. The Kier molecular flexibility index (Phi) is 1.57. The topological polar surface area (TPSA) is 52.0 Å². The third-order valence-electron chi connectivity index (χ3n) is 3.35. The van der Waals surface area contributed by atoms with Gasteiger partial charge in [-0.1, -0.05) is 6.92 Å². The van der Waals surface area contributed by atoms with Crippen LogP contribution in [0.3, 0.4) is 0 Å². The number of hydrogen-bond donors (Lipinski definition) is 2. The molecule has 2 heteroatoms. The molecule has 1 rings (SSSR count). The highest BCUT2D eigenvalue weighted by Gasteiger charge is 2.47. The zero-order valence-electron chi connectivity index (χ0n) is 7.15. The Labute approximate surface area is 63.0 Å². The van der Waals surface area contributed by atoms with Crippen LogP contribution in [0, 0.1) is 5.92 Å². The first-order valence-corrected chi connectivity index (χ1v) is 3.96. The second-order valence-corrected chi connectivity index (χ2v) is 4.14. The first kappa shape index (κ1) is 8.02. The van der Waals surface area contributed by atoms with Crippen molar-refractivity contribution in [3.05, 3.63) is 0 Å². The van der Waals surface area contributed by atoms with E-state index in [4.69, 9.17) is 11.5 Å². The molecule has 0 saturated heterocycles. The van der Waals surface area contributed by atoms with Gasteiger partial charge in [0.2, 0.25) is 0 Å². The van der Waals surface area contributed by atoms with Gasteiger partial charge in [-0.15, -0.1) is 0 Å². The van der Waals surface area contributed by atoms with Crippen molar-refractivity contribution in [1.82, 2.24) is 0 Å².